The topological polar surface area (TPSA) is 82.1 Å². The van der Waals surface area contributed by atoms with Crippen LogP contribution in [0.2, 0.25) is 0 Å². The van der Waals surface area contributed by atoms with Crippen molar-refractivity contribution >= 4 is 25.1 Å². The van der Waals surface area contributed by atoms with E-state index in [2.05, 4.69) is 30.3 Å². The van der Waals surface area contributed by atoms with Crippen LogP contribution in [0.3, 0.4) is 0 Å². The van der Waals surface area contributed by atoms with Gasteiger partial charge in [0, 0.05) is 11.9 Å². The minimum atomic E-state index is -4.41. The molecule has 0 saturated heterocycles. The molecule has 8 heteroatoms. The van der Waals surface area contributed by atoms with Crippen molar-refractivity contribution in [2.75, 3.05) is 25.6 Å². The minimum Gasteiger partial charge on any atom is -0.457 e. The third-order valence-electron chi connectivity index (χ3n) is 6.31. The molecule has 3 atom stereocenters. The first kappa shape index (κ1) is 35.9. The molecule has 1 N–H and O–H groups in total. The Morgan fingerprint density at radius 3 is 1.89 bits per heavy atom. The molecule has 0 aromatic carbocycles. The molecule has 0 radical (unpaired) electrons. The molecule has 0 rings (SSSR count). The van der Waals surface area contributed by atoms with Gasteiger partial charge in [-0.25, -0.2) is 9.36 Å². The molecule has 3 unspecified atom stereocenters. The Morgan fingerprint density at radius 2 is 1.33 bits per heavy atom. The van der Waals surface area contributed by atoms with Gasteiger partial charge in [0.05, 0.1) is 19.3 Å². The van der Waals surface area contributed by atoms with Gasteiger partial charge in [0.25, 0.3) is 0 Å². The third kappa shape index (κ3) is 22.0. The van der Waals surface area contributed by atoms with E-state index in [1.807, 2.05) is 0 Å². The highest BCUT2D eigenvalue weighted by molar-refractivity contribution is 7.99. The molecule has 0 fully saturated rings. The lowest BCUT2D eigenvalue weighted by atomic mass is 10.1. The second-order valence-corrected chi connectivity index (χ2v) is 12.9. The summed E-state index contributed by atoms with van der Waals surface area (Å²) in [7, 11) is -4.41. The molecule has 0 spiro atoms. The summed E-state index contributed by atoms with van der Waals surface area (Å²) in [6.45, 7) is 8.41. The van der Waals surface area contributed by atoms with E-state index in [1.54, 1.807) is 13.8 Å². The Labute approximate surface area is 226 Å². The molecule has 216 valence electrons. The number of carbonyl (C=O) groups excluding carboxylic acids is 1. The van der Waals surface area contributed by atoms with Gasteiger partial charge >= 0.3 is 13.3 Å². The average molecular weight is 553 g/mol. The summed E-state index contributed by atoms with van der Waals surface area (Å²) in [5.74, 6) is 1.21. The lowest BCUT2D eigenvalue weighted by Gasteiger charge is -2.19. The van der Waals surface area contributed by atoms with Gasteiger partial charge in [-0.3, -0.25) is 4.52 Å². The fourth-order valence-electron chi connectivity index (χ4n) is 4.04. The molecule has 0 aromatic rings. The van der Waals surface area contributed by atoms with Gasteiger partial charge in [-0.05, 0) is 38.9 Å². The van der Waals surface area contributed by atoms with Gasteiger partial charge in [0.15, 0.2) is 0 Å². The van der Waals surface area contributed by atoms with Crippen molar-refractivity contribution in [2.45, 2.75) is 148 Å². The van der Waals surface area contributed by atoms with E-state index in [0.29, 0.717) is 11.9 Å². The number of hydrogen-bond donors (Lipinski definition) is 1. The maximum absolute atomic E-state index is 11.9. The van der Waals surface area contributed by atoms with Gasteiger partial charge in [0.2, 0.25) is 0 Å². The van der Waals surface area contributed by atoms with Gasteiger partial charge < -0.3 is 14.4 Å². The van der Waals surface area contributed by atoms with Gasteiger partial charge in [-0.2, -0.15) is 11.8 Å². The molecule has 0 saturated carbocycles. The van der Waals surface area contributed by atoms with Gasteiger partial charge in [0.1, 0.15) is 0 Å². The van der Waals surface area contributed by atoms with E-state index in [1.165, 1.54) is 108 Å². The normalized spacial score (nSPS) is 14.9. The van der Waals surface area contributed by atoms with E-state index in [9.17, 15) is 14.3 Å². The highest BCUT2D eigenvalue weighted by Crippen LogP contribution is 2.44. The fourth-order valence-corrected chi connectivity index (χ4v) is 6.15. The van der Waals surface area contributed by atoms with E-state index in [4.69, 9.17) is 9.26 Å². The second-order valence-electron chi connectivity index (χ2n) is 9.86. The summed E-state index contributed by atoms with van der Waals surface area (Å²) in [5, 5.41) is 0.585. The van der Waals surface area contributed by atoms with Gasteiger partial charge in [-0.1, -0.05) is 104 Å². The molecular formula is C28H57O6PS. The van der Waals surface area contributed by atoms with Crippen LogP contribution in [0.4, 0.5) is 4.79 Å². The maximum Gasteiger partial charge on any atom is 0.435 e. The Hall–Kier alpha value is -0.0700. The van der Waals surface area contributed by atoms with Crippen molar-refractivity contribution in [1.82, 2.24) is 0 Å². The first-order valence-corrected chi connectivity index (χ1v) is 17.4. The molecule has 6 nitrogen and oxygen atoms in total. The van der Waals surface area contributed by atoms with Crippen LogP contribution >= 0.6 is 19.4 Å². The van der Waals surface area contributed by atoms with Crippen LogP contribution in [0.5, 0.6) is 0 Å². The molecule has 0 amide bonds. The second kappa shape index (κ2) is 25.2. The molecule has 36 heavy (non-hydrogen) atoms. The largest absolute Gasteiger partial charge is 0.457 e. The van der Waals surface area contributed by atoms with Crippen LogP contribution in [0.15, 0.2) is 0 Å². The summed E-state index contributed by atoms with van der Waals surface area (Å²) in [4.78, 5) is 21.2. The number of unbranched alkanes of at least 4 members (excludes halogenated alkanes) is 13. The van der Waals surface area contributed by atoms with Crippen LogP contribution in [-0.2, 0) is 18.6 Å². The van der Waals surface area contributed by atoms with E-state index in [0.717, 1.165) is 6.42 Å². The molecule has 0 aliphatic carbocycles. The Kier molecular flexibility index (Phi) is 25.2. The number of thioether (sulfide) groups is 1. The summed E-state index contributed by atoms with van der Waals surface area (Å²) >= 11 is 2.09. The molecular weight excluding hydrogens is 495 g/mol. The Morgan fingerprint density at radius 1 is 0.806 bits per heavy atom. The molecule has 0 heterocycles. The van der Waals surface area contributed by atoms with Crippen molar-refractivity contribution in [1.29, 1.82) is 0 Å². The zero-order valence-corrected chi connectivity index (χ0v) is 25.6. The van der Waals surface area contributed by atoms with Crippen molar-refractivity contribution < 1.29 is 28.3 Å². The first-order valence-electron chi connectivity index (χ1n) is 14.7. The Bertz CT molecular complexity index is 548. The van der Waals surface area contributed by atoms with Crippen LogP contribution in [0.1, 0.15) is 137 Å². The molecule has 0 aliphatic heterocycles. The summed E-state index contributed by atoms with van der Waals surface area (Å²) in [6, 6.07) is 0. The number of rotatable bonds is 27. The van der Waals surface area contributed by atoms with Crippen LogP contribution in [0, 0.1) is 0 Å². The number of hydrogen-bond acceptors (Lipinski definition) is 6. The standard InChI is InChI=1S/C28H57O6PS/c1-5-8-10-12-14-16-18-20-24-36-27(21-19-17-15-13-11-9-6-2)22-23-33-26(4)25-34-35(30,31)28(29)32-7-3/h26-27H,5-25H2,1-4H3,(H,30,31). The zero-order chi connectivity index (χ0) is 26.9. The SMILES string of the molecule is CCCCCCCCCCSC(CCCCCCCCC)CCOC(C)COP(=O)(O)C(=O)OCC. The van der Waals surface area contributed by atoms with E-state index in [-0.39, 0.29) is 19.3 Å². The quantitative estimate of drug-likeness (QED) is 0.0802. The van der Waals surface area contributed by atoms with Crippen LogP contribution in [-0.4, -0.2) is 47.5 Å². The Balaban J connectivity index is 4.25. The van der Waals surface area contributed by atoms with Crippen LogP contribution in [0.25, 0.3) is 0 Å². The first-order chi connectivity index (χ1) is 17.4. The van der Waals surface area contributed by atoms with Crippen LogP contribution < -0.4 is 0 Å². The predicted octanol–water partition coefficient (Wildman–Crippen LogP) is 9.52. The van der Waals surface area contributed by atoms with Crippen molar-refractivity contribution in [3.8, 4) is 0 Å². The minimum absolute atomic E-state index is 0.0373. The molecule has 0 aromatic heterocycles. The van der Waals surface area contributed by atoms with Crippen molar-refractivity contribution in [2.24, 2.45) is 0 Å². The molecule has 0 bridgehead atoms. The monoisotopic (exact) mass is 552 g/mol. The fraction of sp³-hybridized carbons (Fsp3) is 0.964. The third-order valence-corrected chi connectivity index (χ3v) is 8.86. The van der Waals surface area contributed by atoms with E-state index < -0.39 is 13.3 Å². The zero-order valence-electron chi connectivity index (χ0n) is 23.8. The van der Waals surface area contributed by atoms with Crippen molar-refractivity contribution in [3.63, 3.8) is 0 Å². The smallest absolute Gasteiger partial charge is 0.435 e. The summed E-state index contributed by atoms with van der Waals surface area (Å²) in [6.07, 6.45) is 21.9. The lowest BCUT2D eigenvalue weighted by molar-refractivity contribution is 0.0275. The maximum atomic E-state index is 11.9. The van der Waals surface area contributed by atoms with E-state index >= 15 is 0 Å². The number of carbonyl (C=O) groups is 1. The highest BCUT2D eigenvalue weighted by atomic mass is 32.2. The highest BCUT2D eigenvalue weighted by Gasteiger charge is 2.33. The number of ether oxygens (including phenoxy) is 2. The summed E-state index contributed by atoms with van der Waals surface area (Å²) in [5.41, 5.74) is -1.20. The van der Waals surface area contributed by atoms with Crippen molar-refractivity contribution in [3.05, 3.63) is 0 Å². The van der Waals surface area contributed by atoms with Gasteiger partial charge in [-0.15, -0.1) is 0 Å². The average Bonchev–Trinajstić information content (AvgIpc) is 2.85. The molecule has 0 aliphatic rings. The predicted molar refractivity (Wildman–Crippen MR) is 154 cm³/mol. The lowest BCUT2D eigenvalue weighted by Crippen LogP contribution is -2.19. The summed E-state index contributed by atoms with van der Waals surface area (Å²) < 4.78 is 27.2.